The summed E-state index contributed by atoms with van der Waals surface area (Å²) in [4.78, 5) is 23.3. The van der Waals surface area contributed by atoms with Gasteiger partial charge in [0.05, 0.1) is 24.3 Å². The van der Waals surface area contributed by atoms with Crippen molar-refractivity contribution in [1.82, 2.24) is 29.7 Å². The largest absolute Gasteiger partial charge is 0.377 e. The lowest BCUT2D eigenvalue weighted by Crippen LogP contribution is -2.58. The molecule has 0 saturated carbocycles. The fourth-order valence-corrected chi connectivity index (χ4v) is 4.98. The summed E-state index contributed by atoms with van der Waals surface area (Å²) in [5, 5.41) is 5.72. The Morgan fingerprint density at radius 2 is 1.83 bits per heavy atom. The second-order valence-electron chi connectivity index (χ2n) is 9.07. The molecule has 3 saturated heterocycles. The first-order valence-corrected chi connectivity index (χ1v) is 10.6. The summed E-state index contributed by atoms with van der Waals surface area (Å²) in [6, 6.07) is 2.37. The van der Waals surface area contributed by atoms with E-state index in [2.05, 4.69) is 30.8 Å². The number of hydrogen-bond acceptors (Lipinski definition) is 8. The zero-order valence-electron chi connectivity index (χ0n) is 17.7. The van der Waals surface area contributed by atoms with Crippen molar-refractivity contribution in [3.63, 3.8) is 0 Å². The second kappa shape index (κ2) is 6.34. The van der Waals surface area contributed by atoms with Crippen molar-refractivity contribution >= 4 is 22.8 Å². The number of rotatable bonds is 3. The molecule has 1 spiro atoms. The Bertz CT molecular complexity index is 1110. The molecule has 3 aromatic rings. The maximum absolute atomic E-state index is 5.36. The van der Waals surface area contributed by atoms with Crippen LogP contribution in [-0.2, 0) is 4.74 Å². The van der Waals surface area contributed by atoms with Gasteiger partial charge >= 0.3 is 0 Å². The molecule has 0 atom stereocenters. The molecule has 0 unspecified atom stereocenters. The van der Waals surface area contributed by atoms with Crippen LogP contribution in [0.3, 0.4) is 0 Å². The van der Waals surface area contributed by atoms with E-state index in [1.165, 1.54) is 0 Å². The van der Waals surface area contributed by atoms with Gasteiger partial charge in [0.2, 0.25) is 5.95 Å². The lowest BCUT2D eigenvalue weighted by molar-refractivity contribution is -0.0270. The van der Waals surface area contributed by atoms with Gasteiger partial charge in [-0.2, -0.15) is 10.1 Å². The molecule has 6 heterocycles. The van der Waals surface area contributed by atoms with Gasteiger partial charge in [-0.05, 0) is 27.2 Å². The molecule has 0 radical (unpaired) electrons. The summed E-state index contributed by atoms with van der Waals surface area (Å²) in [6.45, 7) is 11.4. The molecular formula is C21H26N8O. The maximum atomic E-state index is 5.36. The third-order valence-corrected chi connectivity index (χ3v) is 6.64. The standard InChI is InChI=1S/C21H26N8O/c1-13-6-18(24-15(3)23-13)28-11-21(12-28)4-5-27(10-21)20-22-7-17-14(2)26-29(19(17)25-20)16-8-30-9-16/h6-7,16H,4-5,8-12H2,1-3H3. The number of hydrogen-bond donors (Lipinski definition) is 0. The number of fused-ring (bicyclic) bond motifs is 1. The molecule has 6 rings (SSSR count). The molecule has 0 aromatic carbocycles. The monoisotopic (exact) mass is 406 g/mol. The van der Waals surface area contributed by atoms with Crippen LogP contribution in [0, 0.1) is 26.2 Å². The van der Waals surface area contributed by atoms with Gasteiger partial charge in [0.15, 0.2) is 5.65 Å². The second-order valence-corrected chi connectivity index (χ2v) is 9.07. The lowest BCUT2D eigenvalue weighted by atomic mass is 9.79. The molecule has 0 aliphatic carbocycles. The number of ether oxygens (including phenoxy) is 1. The molecule has 3 aliphatic heterocycles. The molecule has 3 fully saturated rings. The van der Waals surface area contributed by atoms with E-state index in [1.54, 1.807) is 0 Å². The van der Waals surface area contributed by atoms with Gasteiger partial charge in [-0.1, -0.05) is 0 Å². The zero-order chi connectivity index (χ0) is 20.5. The van der Waals surface area contributed by atoms with Crippen molar-refractivity contribution in [3.8, 4) is 0 Å². The van der Waals surface area contributed by atoms with Crippen LogP contribution in [-0.4, -0.2) is 69.1 Å². The van der Waals surface area contributed by atoms with Crippen molar-refractivity contribution in [1.29, 1.82) is 0 Å². The highest BCUT2D eigenvalue weighted by Gasteiger charge is 2.48. The summed E-state index contributed by atoms with van der Waals surface area (Å²) >= 11 is 0. The van der Waals surface area contributed by atoms with Crippen LogP contribution >= 0.6 is 0 Å². The minimum absolute atomic E-state index is 0.286. The van der Waals surface area contributed by atoms with E-state index in [4.69, 9.17) is 14.8 Å². The Kier molecular flexibility index (Phi) is 3.80. The minimum atomic E-state index is 0.286. The third kappa shape index (κ3) is 2.75. The molecule has 3 aliphatic rings. The van der Waals surface area contributed by atoms with Gasteiger partial charge in [0.1, 0.15) is 17.7 Å². The minimum Gasteiger partial charge on any atom is -0.377 e. The van der Waals surface area contributed by atoms with E-state index in [9.17, 15) is 0 Å². The number of aromatic nitrogens is 6. The summed E-state index contributed by atoms with van der Waals surface area (Å²) < 4.78 is 7.38. The van der Waals surface area contributed by atoms with Crippen molar-refractivity contribution in [2.45, 2.75) is 33.2 Å². The van der Waals surface area contributed by atoms with Gasteiger partial charge in [0, 0.05) is 49.6 Å². The van der Waals surface area contributed by atoms with E-state index < -0.39 is 0 Å². The Morgan fingerprint density at radius 3 is 2.57 bits per heavy atom. The fraction of sp³-hybridized carbons (Fsp3) is 0.571. The molecule has 9 nitrogen and oxygen atoms in total. The van der Waals surface area contributed by atoms with E-state index in [0.29, 0.717) is 18.6 Å². The van der Waals surface area contributed by atoms with Gasteiger partial charge < -0.3 is 14.5 Å². The van der Waals surface area contributed by atoms with E-state index in [0.717, 1.165) is 72.6 Å². The predicted molar refractivity (Wildman–Crippen MR) is 113 cm³/mol. The lowest BCUT2D eigenvalue weighted by Gasteiger charge is -2.48. The Balaban J connectivity index is 1.21. The van der Waals surface area contributed by atoms with E-state index in [-0.39, 0.29) is 6.04 Å². The van der Waals surface area contributed by atoms with Gasteiger partial charge in [-0.15, -0.1) is 0 Å². The Labute approximate surface area is 175 Å². The molecule has 3 aromatic heterocycles. The highest BCUT2D eigenvalue weighted by Crippen LogP contribution is 2.42. The van der Waals surface area contributed by atoms with Gasteiger partial charge in [0.25, 0.3) is 0 Å². The van der Waals surface area contributed by atoms with Crippen LogP contribution in [0.25, 0.3) is 11.0 Å². The van der Waals surface area contributed by atoms with Crippen LogP contribution < -0.4 is 9.80 Å². The van der Waals surface area contributed by atoms with E-state index >= 15 is 0 Å². The Morgan fingerprint density at radius 1 is 1.03 bits per heavy atom. The summed E-state index contributed by atoms with van der Waals surface area (Å²) in [7, 11) is 0. The quantitative estimate of drug-likeness (QED) is 0.651. The molecular weight excluding hydrogens is 380 g/mol. The first kappa shape index (κ1) is 18.0. The van der Waals surface area contributed by atoms with Crippen molar-refractivity contribution in [2.75, 3.05) is 49.2 Å². The fourth-order valence-electron chi connectivity index (χ4n) is 4.98. The highest BCUT2D eigenvalue weighted by atomic mass is 16.5. The highest BCUT2D eigenvalue weighted by molar-refractivity contribution is 5.78. The molecule has 9 heteroatoms. The topological polar surface area (TPSA) is 85.1 Å². The van der Waals surface area contributed by atoms with Crippen LogP contribution in [0.4, 0.5) is 11.8 Å². The van der Waals surface area contributed by atoms with Crippen molar-refractivity contribution < 1.29 is 4.74 Å². The number of anilines is 2. The molecule has 0 bridgehead atoms. The normalized spacial score (nSPS) is 20.8. The maximum Gasteiger partial charge on any atom is 0.227 e. The van der Waals surface area contributed by atoms with Crippen molar-refractivity contribution in [3.05, 3.63) is 29.5 Å². The molecule has 156 valence electrons. The van der Waals surface area contributed by atoms with Crippen LogP contribution in [0.15, 0.2) is 12.3 Å². The number of nitrogens with zero attached hydrogens (tertiary/aromatic N) is 8. The molecule has 0 N–H and O–H groups in total. The first-order valence-electron chi connectivity index (χ1n) is 10.6. The summed E-state index contributed by atoms with van der Waals surface area (Å²) in [6.07, 6.45) is 3.09. The molecule has 0 amide bonds. The SMILES string of the molecule is Cc1cc(N2CC3(CCN(c4ncc5c(C)nn(C6COC6)c5n4)C3)C2)nc(C)n1. The van der Waals surface area contributed by atoms with Crippen LogP contribution in [0.5, 0.6) is 0 Å². The average molecular weight is 406 g/mol. The predicted octanol–water partition coefficient (Wildman–Crippen LogP) is 1.83. The number of aryl methyl sites for hydroxylation is 3. The van der Waals surface area contributed by atoms with E-state index in [1.807, 2.05) is 31.6 Å². The Hall–Kier alpha value is -2.81. The van der Waals surface area contributed by atoms with Crippen LogP contribution in [0.1, 0.15) is 29.7 Å². The summed E-state index contributed by atoms with van der Waals surface area (Å²) in [5.41, 5.74) is 3.22. The smallest absolute Gasteiger partial charge is 0.227 e. The first-order chi connectivity index (χ1) is 14.5. The third-order valence-electron chi connectivity index (χ3n) is 6.64. The van der Waals surface area contributed by atoms with Crippen LogP contribution in [0.2, 0.25) is 0 Å². The summed E-state index contributed by atoms with van der Waals surface area (Å²) in [5.74, 6) is 2.70. The zero-order valence-corrected chi connectivity index (χ0v) is 17.7. The average Bonchev–Trinajstić information content (AvgIpc) is 3.21. The molecule has 30 heavy (non-hydrogen) atoms. The van der Waals surface area contributed by atoms with Gasteiger partial charge in [-0.3, -0.25) is 0 Å². The van der Waals surface area contributed by atoms with Crippen molar-refractivity contribution in [2.24, 2.45) is 5.41 Å². The van der Waals surface area contributed by atoms with Gasteiger partial charge in [-0.25, -0.2) is 19.6 Å².